The van der Waals surface area contributed by atoms with E-state index in [4.69, 9.17) is 5.73 Å². The highest BCUT2D eigenvalue weighted by Crippen LogP contribution is 2.14. The molecule has 0 saturated heterocycles. The summed E-state index contributed by atoms with van der Waals surface area (Å²) < 4.78 is 2.02. The van der Waals surface area contributed by atoms with Crippen molar-refractivity contribution in [2.45, 2.75) is 13.5 Å². The van der Waals surface area contributed by atoms with Crippen molar-refractivity contribution in [3.05, 3.63) is 48.0 Å². The second kappa shape index (κ2) is 3.64. The van der Waals surface area contributed by atoms with Gasteiger partial charge in [0.25, 0.3) is 0 Å². The quantitative estimate of drug-likeness (QED) is 0.776. The molecule has 1 heterocycles. The second-order valence-corrected chi connectivity index (χ2v) is 3.20. The Labute approximate surface area is 83.2 Å². The van der Waals surface area contributed by atoms with E-state index in [9.17, 15) is 0 Å². The molecule has 0 saturated carbocycles. The van der Waals surface area contributed by atoms with Crippen LogP contribution in [0.15, 0.2) is 36.7 Å². The molecule has 72 valence electrons. The van der Waals surface area contributed by atoms with Gasteiger partial charge >= 0.3 is 0 Å². The first kappa shape index (κ1) is 8.97. The Bertz CT molecular complexity index is 432. The number of hydrogen-bond acceptors (Lipinski definition) is 2. The fraction of sp³-hybridized carbons (Fsp3) is 0.182. The molecule has 0 bridgehead atoms. The fourth-order valence-electron chi connectivity index (χ4n) is 1.54. The number of aryl methyl sites for hydroxylation is 1. The van der Waals surface area contributed by atoms with Crippen molar-refractivity contribution in [2.75, 3.05) is 0 Å². The minimum Gasteiger partial charge on any atom is -0.324 e. The Kier molecular flexibility index (Phi) is 2.33. The summed E-state index contributed by atoms with van der Waals surface area (Å²) in [4.78, 5) is 4.19. The van der Waals surface area contributed by atoms with E-state index in [1.165, 1.54) is 5.56 Å². The third-order valence-electron chi connectivity index (χ3n) is 2.27. The topological polar surface area (TPSA) is 43.8 Å². The largest absolute Gasteiger partial charge is 0.324 e. The molecule has 1 aromatic heterocycles. The molecule has 1 aromatic carbocycles. The van der Waals surface area contributed by atoms with Gasteiger partial charge in [-0.3, -0.25) is 0 Å². The molecule has 2 rings (SSSR count). The van der Waals surface area contributed by atoms with E-state index in [0.717, 1.165) is 11.5 Å². The molecule has 3 heteroatoms. The summed E-state index contributed by atoms with van der Waals surface area (Å²) in [6.07, 6.45) is 3.71. The molecular weight excluding hydrogens is 174 g/mol. The Morgan fingerprint density at radius 1 is 1.36 bits per heavy atom. The summed E-state index contributed by atoms with van der Waals surface area (Å²) >= 11 is 0. The van der Waals surface area contributed by atoms with Crippen molar-refractivity contribution < 1.29 is 0 Å². The molecule has 2 aromatic rings. The van der Waals surface area contributed by atoms with Crippen molar-refractivity contribution in [2.24, 2.45) is 5.73 Å². The molecular formula is C11H13N3. The molecule has 0 aliphatic carbocycles. The van der Waals surface area contributed by atoms with E-state index in [1.807, 2.05) is 22.9 Å². The Morgan fingerprint density at radius 2 is 2.14 bits per heavy atom. The lowest BCUT2D eigenvalue weighted by Gasteiger charge is -2.08. The lowest BCUT2D eigenvalue weighted by atomic mass is 10.2. The Balaban J connectivity index is 2.54. The van der Waals surface area contributed by atoms with Gasteiger partial charge in [0, 0.05) is 18.1 Å². The molecule has 0 aliphatic rings. The predicted octanol–water partition coefficient (Wildman–Crippen LogP) is 1.64. The highest BCUT2D eigenvalue weighted by Gasteiger charge is 2.04. The first-order valence-corrected chi connectivity index (χ1v) is 4.61. The lowest BCUT2D eigenvalue weighted by Crippen LogP contribution is -2.07. The number of para-hydroxylation sites is 1. The standard InChI is InChI=1S/C11H13N3/c1-9-4-2-3-5-10(9)14-7-6-13-11(14)8-12/h2-7H,8,12H2,1H3. The van der Waals surface area contributed by atoms with Gasteiger partial charge in [0.05, 0.1) is 6.54 Å². The van der Waals surface area contributed by atoms with Crippen molar-refractivity contribution in [1.82, 2.24) is 9.55 Å². The van der Waals surface area contributed by atoms with Crippen LogP contribution in [0.2, 0.25) is 0 Å². The monoisotopic (exact) mass is 187 g/mol. The normalized spacial score (nSPS) is 10.4. The van der Waals surface area contributed by atoms with Crippen LogP contribution in [-0.2, 0) is 6.54 Å². The maximum Gasteiger partial charge on any atom is 0.126 e. The maximum absolute atomic E-state index is 5.60. The smallest absolute Gasteiger partial charge is 0.126 e. The highest BCUT2D eigenvalue weighted by atomic mass is 15.1. The minimum atomic E-state index is 0.460. The van der Waals surface area contributed by atoms with Crippen molar-refractivity contribution in [3.63, 3.8) is 0 Å². The zero-order valence-corrected chi connectivity index (χ0v) is 8.14. The Morgan fingerprint density at radius 3 is 2.86 bits per heavy atom. The number of nitrogens with zero attached hydrogens (tertiary/aromatic N) is 2. The predicted molar refractivity (Wildman–Crippen MR) is 56.2 cm³/mol. The number of benzene rings is 1. The van der Waals surface area contributed by atoms with Crippen LogP contribution < -0.4 is 5.73 Å². The molecule has 0 fully saturated rings. The van der Waals surface area contributed by atoms with Crippen LogP contribution in [0.5, 0.6) is 0 Å². The molecule has 0 amide bonds. The zero-order chi connectivity index (χ0) is 9.97. The first-order valence-electron chi connectivity index (χ1n) is 4.61. The van der Waals surface area contributed by atoms with Gasteiger partial charge in [0.15, 0.2) is 0 Å². The number of hydrogen-bond donors (Lipinski definition) is 1. The molecule has 0 aliphatic heterocycles. The summed E-state index contributed by atoms with van der Waals surface area (Å²) in [6, 6.07) is 8.19. The van der Waals surface area contributed by atoms with Crippen LogP contribution in [0, 0.1) is 6.92 Å². The van der Waals surface area contributed by atoms with E-state index in [0.29, 0.717) is 6.54 Å². The van der Waals surface area contributed by atoms with Gasteiger partial charge in [-0.2, -0.15) is 0 Å². The average Bonchev–Trinajstić information content (AvgIpc) is 2.66. The molecule has 14 heavy (non-hydrogen) atoms. The Hall–Kier alpha value is -1.61. The second-order valence-electron chi connectivity index (χ2n) is 3.20. The van der Waals surface area contributed by atoms with E-state index in [-0.39, 0.29) is 0 Å². The van der Waals surface area contributed by atoms with Crippen molar-refractivity contribution in [3.8, 4) is 5.69 Å². The summed E-state index contributed by atoms with van der Waals surface area (Å²) in [5, 5.41) is 0. The third-order valence-corrected chi connectivity index (χ3v) is 2.27. The van der Waals surface area contributed by atoms with E-state index < -0.39 is 0 Å². The van der Waals surface area contributed by atoms with Gasteiger partial charge in [-0.15, -0.1) is 0 Å². The minimum absolute atomic E-state index is 0.460. The number of nitrogens with two attached hydrogens (primary N) is 1. The van der Waals surface area contributed by atoms with Crippen molar-refractivity contribution >= 4 is 0 Å². The number of rotatable bonds is 2. The third kappa shape index (κ3) is 1.42. The summed E-state index contributed by atoms with van der Waals surface area (Å²) in [5.41, 5.74) is 7.97. The van der Waals surface area contributed by atoms with Crippen LogP contribution >= 0.6 is 0 Å². The van der Waals surface area contributed by atoms with E-state index >= 15 is 0 Å². The SMILES string of the molecule is Cc1ccccc1-n1ccnc1CN. The van der Waals surface area contributed by atoms with Crippen molar-refractivity contribution in [1.29, 1.82) is 0 Å². The first-order chi connectivity index (χ1) is 6.83. The molecule has 2 N–H and O–H groups in total. The molecule has 0 radical (unpaired) electrons. The number of aromatic nitrogens is 2. The van der Waals surface area contributed by atoms with Gasteiger partial charge in [-0.25, -0.2) is 4.98 Å². The fourth-order valence-corrected chi connectivity index (χ4v) is 1.54. The van der Waals surface area contributed by atoms with Gasteiger partial charge in [0.1, 0.15) is 5.82 Å². The van der Waals surface area contributed by atoms with Crippen LogP contribution in [0.1, 0.15) is 11.4 Å². The van der Waals surface area contributed by atoms with E-state index in [2.05, 4.69) is 24.0 Å². The summed E-state index contributed by atoms with van der Waals surface area (Å²) in [5.74, 6) is 0.888. The van der Waals surface area contributed by atoms with Crippen LogP contribution in [0.25, 0.3) is 5.69 Å². The zero-order valence-electron chi connectivity index (χ0n) is 8.14. The molecule has 0 spiro atoms. The number of imidazole rings is 1. The van der Waals surface area contributed by atoms with Gasteiger partial charge in [0.2, 0.25) is 0 Å². The van der Waals surface area contributed by atoms with Crippen LogP contribution in [0.4, 0.5) is 0 Å². The maximum atomic E-state index is 5.60. The summed E-state index contributed by atoms with van der Waals surface area (Å²) in [6.45, 7) is 2.54. The molecule has 0 atom stereocenters. The van der Waals surface area contributed by atoms with Crippen LogP contribution in [-0.4, -0.2) is 9.55 Å². The molecule has 3 nitrogen and oxygen atoms in total. The highest BCUT2D eigenvalue weighted by molar-refractivity contribution is 5.40. The van der Waals surface area contributed by atoms with Crippen LogP contribution in [0.3, 0.4) is 0 Å². The average molecular weight is 187 g/mol. The summed E-state index contributed by atoms with van der Waals surface area (Å²) in [7, 11) is 0. The lowest BCUT2D eigenvalue weighted by molar-refractivity contribution is 0.863. The van der Waals surface area contributed by atoms with Gasteiger partial charge in [-0.05, 0) is 18.6 Å². The van der Waals surface area contributed by atoms with Gasteiger partial charge in [-0.1, -0.05) is 18.2 Å². The molecule has 0 unspecified atom stereocenters. The van der Waals surface area contributed by atoms with E-state index in [1.54, 1.807) is 6.20 Å². The van der Waals surface area contributed by atoms with Gasteiger partial charge < -0.3 is 10.3 Å².